The minimum Gasteiger partial charge on any atom is -0.393 e. The van der Waals surface area contributed by atoms with Gasteiger partial charge in [-0.1, -0.05) is 37.8 Å². The molecule has 0 aromatic heterocycles. The second-order valence-electron chi connectivity index (χ2n) is 6.39. The zero-order valence-electron chi connectivity index (χ0n) is 12.5. The van der Waals surface area contributed by atoms with Crippen LogP contribution in [0.15, 0.2) is 30.9 Å². The molecule has 1 saturated carbocycles. The lowest BCUT2D eigenvalue weighted by atomic mass is 9.77. The van der Waals surface area contributed by atoms with Crippen molar-refractivity contribution < 1.29 is 14.3 Å². The SMILES string of the molecule is C=Cc1ccc(CC)c(C2=CC3CC2C2C(=O)OC(=O)C32)c1. The molecule has 22 heavy (non-hydrogen) atoms. The van der Waals surface area contributed by atoms with E-state index in [1.807, 2.05) is 6.08 Å². The summed E-state index contributed by atoms with van der Waals surface area (Å²) in [6, 6.07) is 6.35. The quantitative estimate of drug-likeness (QED) is 0.635. The maximum absolute atomic E-state index is 12.0. The van der Waals surface area contributed by atoms with Crippen molar-refractivity contribution in [2.75, 3.05) is 0 Å². The number of ether oxygens (including phenoxy) is 1. The summed E-state index contributed by atoms with van der Waals surface area (Å²) in [5, 5.41) is 0. The van der Waals surface area contributed by atoms with E-state index in [-0.39, 0.29) is 35.6 Å². The molecule has 1 aromatic rings. The number of allylic oxidation sites excluding steroid dienone is 2. The number of rotatable bonds is 3. The minimum absolute atomic E-state index is 0.124. The number of benzene rings is 1. The lowest BCUT2D eigenvalue weighted by Crippen LogP contribution is -2.24. The maximum atomic E-state index is 12.0. The molecular formula is C19H18O3. The average Bonchev–Trinajstić information content (AvgIpc) is 3.19. The highest BCUT2D eigenvalue weighted by molar-refractivity contribution is 6.00. The zero-order chi connectivity index (χ0) is 15.4. The summed E-state index contributed by atoms with van der Waals surface area (Å²) in [6.45, 7) is 5.97. The van der Waals surface area contributed by atoms with Crippen LogP contribution in [-0.4, -0.2) is 11.9 Å². The van der Waals surface area contributed by atoms with E-state index < -0.39 is 0 Å². The van der Waals surface area contributed by atoms with Crippen molar-refractivity contribution in [3.8, 4) is 0 Å². The molecule has 0 amide bonds. The van der Waals surface area contributed by atoms with Gasteiger partial charge in [0.05, 0.1) is 11.8 Å². The second kappa shape index (κ2) is 4.67. The van der Waals surface area contributed by atoms with Crippen molar-refractivity contribution in [2.24, 2.45) is 23.7 Å². The molecule has 3 nitrogen and oxygen atoms in total. The summed E-state index contributed by atoms with van der Waals surface area (Å²) in [7, 11) is 0. The highest BCUT2D eigenvalue weighted by atomic mass is 16.6. The predicted molar refractivity (Wildman–Crippen MR) is 83.6 cm³/mol. The van der Waals surface area contributed by atoms with Gasteiger partial charge in [0.2, 0.25) is 0 Å². The summed E-state index contributed by atoms with van der Waals surface area (Å²) in [6.07, 6.45) is 5.88. The molecule has 0 radical (unpaired) electrons. The van der Waals surface area contributed by atoms with Gasteiger partial charge in [0.25, 0.3) is 0 Å². The van der Waals surface area contributed by atoms with Crippen molar-refractivity contribution >= 4 is 23.6 Å². The molecule has 4 unspecified atom stereocenters. The van der Waals surface area contributed by atoms with Crippen LogP contribution in [-0.2, 0) is 20.7 Å². The van der Waals surface area contributed by atoms with Gasteiger partial charge >= 0.3 is 11.9 Å². The van der Waals surface area contributed by atoms with Crippen LogP contribution in [0.5, 0.6) is 0 Å². The van der Waals surface area contributed by atoms with Crippen LogP contribution >= 0.6 is 0 Å². The summed E-state index contributed by atoms with van der Waals surface area (Å²) >= 11 is 0. The highest BCUT2D eigenvalue weighted by Gasteiger charge is 2.60. The number of aryl methyl sites for hydroxylation is 1. The Morgan fingerprint density at radius 1 is 1.27 bits per heavy atom. The predicted octanol–water partition coefficient (Wildman–Crippen LogP) is 3.24. The van der Waals surface area contributed by atoms with Gasteiger partial charge in [-0.25, -0.2) is 0 Å². The Hall–Kier alpha value is -2.16. The van der Waals surface area contributed by atoms with Gasteiger partial charge < -0.3 is 4.74 Å². The molecule has 0 spiro atoms. The number of cyclic esters (lactones) is 2. The van der Waals surface area contributed by atoms with Gasteiger partial charge in [0.1, 0.15) is 0 Å². The van der Waals surface area contributed by atoms with Crippen molar-refractivity contribution in [3.05, 3.63) is 47.5 Å². The first kappa shape index (κ1) is 13.5. The first-order valence-electron chi connectivity index (χ1n) is 7.87. The smallest absolute Gasteiger partial charge is 0.318 e. The van der Waals surface area contributed by atoms with Gasteiger partial charge in [-0.15, -0.1) is 0 Å². The standard InChI is InChI=1S/C19H18O3/c1-3-10-5-6-11(4-2)13(7-10)14-8-12-9-15(14)17-16(12)18(20)22-19(17)21/h3,5-8,12,15-17H,1,4,9H2,2H3. The maximum Gasteiger partial charge on any atom is 0.318 e. The fourth-order valence-corrected chi connectivity index (χ4v) is 4.40. The monoisotopic (exact) mass is 294 g/mol. The fraction of sp³-hybridized carbons (Fsp3) is 0.368. The third-order valence-electron chi connectivity index (χ3n) is 5.41. The molecule has 1 aromatic carbocycles. The normalized spacial score (nSPS) is 32.0. The largest absolute Gasteiger partial charge is 0.393 e. The molecule has 1 aliphatic heterocycles. The molecule has 0 N–H and O–H groups in total. The van der Waals surface area contributed by atoms with E-state index in [0.717, 1.165) is 18.4 Å². The number of esters is 2. The number of carbonyl (C=O) groups excluding carboxylic acids is 2. The Morgan fingerprint density at radius 3 is 2.77 bits per heavy atom. The van der Waals surface area contributed by atoms with E-state index in [1.165, 1.54) is 16.7 Å². The Morgan fingerprint density at radius 2 is 2.05 bits per heavy atom. The summed E-state index contributed by atoms with van der Waals surface area (Å²) in [5.74, 6) is -0.886. The van der Waals surface area contributed by atoms with Crippen LogP contribution in [0, 0.1) is 23.7 Å². The molecule has 2 aliphatic carbocycles. The van der Waals surface area contributed by atoms with E-state index >= 15 is 0 Å². The lowest BCUT2D eigenvalue weighted by molar-refractivity contribution is -0.154. The number of hydrogen-bond acceptors (Lipinski definition) is 3. The third-order valence-corrected chi connectivity index (χ3v) is 5.41. The van der Waals surface area contributed by atoms with Gasteiger partial charge in [-0.05, 0) is 53.0 Å². The van der Waals surface area contributed by atoms with Crippen molar-refractivity contribution in [2.45, 2.75) is 19.8 Å². The Kier molecular flexibility index (Phi) is 2.86. The fourth-order valence-electron chi connectivity index (χ4n) is 4.40. The van der Waals surface area contributed by atoms with Crippen LogP contribution in [0.2, 0.25) is 0 Å². The van der Waals surface area contributed by atoms with Gasteiger partial charge in [0.15, 0.2) is 0 Å². The first-order chi connectivity index (χ1) is 10.6. The van der Waals surface area contributed by atoms with Gasteiger partial charge in [0, 0.05) is 0 Å². The molecule has 3 aliphatic rings. The molecule has 4 rings (SSSR count). The lowest BCUT2D eigenvalue weighted by Gasteiger charge is -2.22. The zero-order valence-corrected chi connectivity index (χ0v) is 12.5. The van der Waals surface area contributed by atoms with Gasteiger partial charge in [-0.2, -0.15) is 0 Å². The Balaban J connectivity index is 1.80. The molecule has 1 saturated heterocycles. The topological polar surface area (TPSA) is 43.4 Å². The van der Waals surface area contributed by atoms with Crippen LogP contribution in [0.3, 0.4) is 0 Å². The summed E-state index contributed by atoms with van der Waals surface area (Å²) < 4.78 is 4.87. The first-order valence-corrected chi connectivity index (χ1v) is 7.87. The molecule has 1 heterocycles. The molecule has 112 valence electrons. The van der Waals surface area contributed by atoms with Crippen molar-refractivity contribution in [1.29, 1.82) is 0 Å². The van der Waals surface area contributed by atoms with Crippen molar-refractivity contribution in [3.63, 3.8) is 0 Å². The van der Waals surface area contributed by atoms with Gasteiger partial charge in [-0.3, -0.25) is 9.59 Å². The van der Waals surface area contributed by atoms with Crippen LogP contribution in [0.25, 0.3) is 11.6 Å². The van der Waals surface area contributed by atoms with E-state index in [4.69, 9.17) is 4.74 Å². The average molecular weight is 294 g/mol. The molecule has 2 bridgehead atoms. The number of carbonyl (C=O) groups is 2. The molecule has 3 heteroatoms. The molecule has 2 fully saturated rings. The number of hydrogen-bond donors (Lipinski definition) is 0. The minimum atomic E-state index is -0.328. The third kappa shape index (κ3) is 1.68. The molecular weight excluding hydrogens is 276 g/mol. The highest BCUT2D eigenvalue weighted by Crippen LogP contribution is 2.57. The van der Waals surface area contributed by atoms with Crippen LogP contribution < -0.4 is 0 Å². The summed E-state index contributed by atoms with van der Waals surface area (Å²) in [4.78, 5) is 23.9. The van der Waals surface area contributed by atoms with E-state index in [0.29, 0.717) is 0 Å². The van der Waals surface area contributed by atoms with Crippen molar-refractivity contribution in [1.82, 2.24) is 0 Å². The number of fused-ring (bicyclic) bond motifs is 5. The van der Waals surface area contributed by atoms with E-state index in [1.54, 1.807) is 0 Å². The summed E-state index contributed by atoms with van der Waals surface area (Å²) in [5.41, 5.74) is 4.78. The van der Waals surface area contributed by atoms with E-state index in [9.17, 15) is 9.59 Å². The van der Waals surface area contributed by atoms with Crippen LogP contribution in [0.4, 0.5) is 0 Å². The van der Waals surface area contributed by atoms with Crippen LogP contribution in [0.1, 0.15) is 30.0 Å². The van der Waals surface area contributed by atoms with E-state index in [2.05, 4.69) is 37.8 Å². The Bertz CT molecular complexity index is 728. The molecule has 4 atom stereocenters. The Labute approximate surface area is 129 Å². The second-order valence-corrected chi connectivity index (χ2v) is 6.39.